The lowest BCUT2D eigenvalue weighted by Crippen LogP contribution is -2.40. The number of aliphatic hydroxyl groups is 1. The van der Waals surface area contributed by atoms with Crippen molar-refractivity contribution in [2.24, 2.45) is 12.8 Å². The Balaban J connectivity index is 2.51. The van der Waals surface area contributed by atoms with Crippen LogP contribution in [0, 0.1) is 0 Å². The summed E-state index contributed by atoms with van der Waals surface area (Å²) >= 11 is 0. The molecule has 0 aliphatic rings. The molecule has 1 aromatic heterocycles. The molecule has 15 heavy (non-hydrogen) atoms. The molecule has 0 fully saturated rings. The topological polar surface area (TPSA) is 110 Å². The van der Waals surface area contributed by atoms with E-state index in [0.717, 1.165) is 0 Å². The molecular weight excluding hydrogens is 200 g/mol. The van der Waals surface area contributed by atoms with E-state index < -0.39 is 17.9 Å². The van der Waals surface area contributed by atoms with E-state index >= 15 is 0 Å². The number of aryl methyl sites for hydroxylation is 1. The molecule has 1 unspecified atom stereocenters. The molecule has 0 saturated carbocycles. The number of amides is 2. The molecule has 0 bridgehead atoms. The number of nitrogens with zero attached hydrogens (tertiary/aromatic N) is 2. The zero-order chi connectivity index (χ0) is 11.4. The smallest absolute Gasteiger partial charge is 0.269 e. The first-order valence-corrected chi connectivity index (χ1v) is 4.24. The molecule has 1 rings (SSSR count). The monoisotopic (exact) mass is 212 g/mol. The predicted molar refractivity (Wildman–Crippen MR) is 50.7 cm³/mol. The molecule has 0 aliphatic carbocycles. The van der Waals surface area contributed by atoms with Crippen LogP contribution in [0.1, 0.15) is 10.5 Å². The maximum atomic E-state index is 11.4. The Morgan fingerprint density at radius 2 is 2.40 bits per heavy atom. The lowest BCUT2D eigenvalue weighted by Gasteiger charge is -2.08. The second-order valence-electron chi connectivity index (χ2n) is 3.02. The van der Waals surface area contributed by atoms with Gasteiger partial charge in [-0.15, -0.1) is 0 Å². The Kier molecular flexibility index (Phi) is 3.40. The predicted octanol–water partition coefficient (Wildman–Crippen LogP) is -2.00. The van der Waals surface area contributed by atoms with Gasteiger partial charge in [0.1, 0.15) is 11.8 Å². The van der Waals surface area contributed by atoms with Gasteiger partial charge in [0, 0.05) is 7.05 Å². The van der Waals surface area contributed by atoms with E-state index in [1.54, 1.807) is 7.05 Å². The zero-order valence-electron chi connectivity index (χ0n) is 8.17. The van der Waals surface area contributed by atoms with Crippen LogP contribution in [0.15, 0.2) is 12.5 Å². The minimum atomic E-state index is -1.37. The van der Waals surface area contributed by atoms with Crippen molar-refractivity contribution >= 4 is 11.8 Å². The number of nitrogens with one attached hydrogen (secondary N) is 1. The fraction of sp³-hybridized carbons (Fsp3) is 0.375. The van der Waals surface area contributed by atoms with Gasteiger partial charge in [-0.25, -0.2) is 4.98 Å². The minimum Gasteiger partial charge on any atom is -0.381 e. The van der Waals surface area contributed by atoms with Crippen molar-refractivity contribution in [2.75, 3.05) is 6.54 Å². The largest absolute Gasteiger partial charge is 0.381 e. The molecule has 1 atom stereocenters. The summed E-state index contributed by atoms with van der Waals surface area (Å²) in [5.74, 6) is -1.30. The average Bonchev–Trinajstić information content (AvgIpc) is 2.60. The van der Waals surface area contributed by atoms with Gasteiger partial charge >= 0.3 is 0 Å². The number of carbonyl (C=O) groups excluding carboxylic acids is 2. The highest BCUT2D eigenvalue weighted by Gasteiger charge is 2.14. The number of rotatable bonds is 4. The molecule has 7 nitrogen and oxygen atoms in total. The number of carbonyl (C=O) groups is 2. The highest BCUT2D eigenvalue weighted by Crippen LogP contribution is 1.95. The Labute approximate surface area is 85.9 Å². The third-order valence-electron chi connectivity index (χ3n) is 1.83. The molecular formula is C8H12N4O3. The molecule has 0 spiro atoms. The molecule has 2 amide bonds. The van der Waals surface area contributed by atoms with Crippen molar-refractivity contribution in [3.63, 3.8) is 0 Å². The molecule has 7 heteroatoms. The van der Waals surface area contributed by atoms with Gasteiger partial charge in [0.2, 0.25) is 5.91 Å². The number of aliphatic hydroxyl groups excluding tert-OH is 1. The number of nitrogens with two attached hydrogens (primary N) is 1. The lowest BCUT2D eigenvalue weighted by molar-refractivity contribution is -0.125. The number of hydrogen-bond donors (Lipinski definition) is 3. The third kappa shape index (κ3) is 2.78. The van der Waals surface area contributed by atoms with Crippen molar-refractivity contribution in [2.45, 2.75) is 6.10 Å². The summed E-state index contributed by atoms with van der Waals surface area (Å²) in [5.41, 5.74) is 5.15. The maximum absolute atomic E-state index is 11.4. The molecule has 0 saturated heterocycles. The Morgan fingerprint density at radius 1 is 1.73 bits per heavy atom. The van der Waals surface area contributed by atoms with E-state index in [1.165, 1.54) is 17.1 Å². The summed E-state index contributed by atoms with van der Waals surface area (Å²) < 4.78 is 1.52. The van der Waals surface area contributed by atoms with Crippen LogP contribution in [0.4, 0.5) is 0 Å². The molecule has 1 aromatic rings. The van der Waals surface area contributed by atoms with Crippen LogP contribution in [-0.2, 0) is 11.8 Å². The molecule has 0 aromatic carbocycles. The SMILES string of the molecule is Cn1cncc1C(=O)NCC(O)C(N)=O. The van der Waals surface area contributed by atoms with E-state index in [1.807, 2.05) is 0 Å². The summed E-state index contributed by atoms with van der Waals surface area (Å²) in [6.07, 6.45) is 1.48. The van der Waals surface area contributed by atoms with Crippen molar-refractivity contribution in [1.29, 1.82) is 0 Å². The second kappa shape index (κ2) is 4.56. The number of aromatic nitrogens is 2. The standard InChI is InChI=1S/C8H12N4O3/c1-12-4-10-2-5(12)8(15)11-3-6(13)7(9)14/h2,4,6,13H,3H2,1H3,(H2,9,14)(H,11,15). The van der Waals surface area contributed by atoms with E-state index in [0.29, 0.717) is 5.69 Å². The van der Waals surface area contributed by atoms with Gasteiger partial charge in [0.25, 0.3) is 5.91 Å². The molecule has 1 heterocycles. The highest BCUT2D eigenvalue weighted by atomic mass is 16.3. The van der Waals surface area contributed by atoms with Crippen LogP contribution in [0.5, 0.6) is 0 Å². The Bertz CT molecular complexity index is 374. The fourth-order valence-corrected chi connectivity index (χ4v) is 0.957. The van der Waals surface area contributed by atoms with Crippen molar-refractivity contribution < 1.29 is 14.7 Å². The van der Waals surface area contributed by atoms with E-state index in [4.69, 9.17) is 10.8 Å². The van der Waals surface area contributed by atoms with Crippen LogP contribution in [-0.4, -0.2) is 39.1 Å². The van der Waals surface area contributed by atoms with Crippen molar-refractivity contribution in [1.82, 2.24) is 14.9 Å². The number of hydrogen-bond acceptors (Lipinski definition) is 4. The lowest BCUT2D eigenvalue weighted by atomic mass is 10.3. The van der Waals surface area contributed by atoms with Gasteiger partial charge in [-0.3, -0.25) is 9.59 Å². The van der Waals surface area contributed by atoms with Gasteiger partial charge in [-0.05, 0) is 0 Å². The molecule has 82 valence electrons. The first-order valence-electron chi connectivity index (χ1n) is 4.24. The summed E-state index contributed by atoms with van der Waals surface area (Å²) in [6.45, 7) is -0.209. The molecule has 0 radical (unpaired) electrons. The average molecular weight is 212 g/mol. The second-order valence-corrected chi connectivity index (χ2v) is 3.02. The summed E-state index contributed by atoms with van der Waals surface area (Å²) in [6, 6.07) is 0. The van der Waals surface area contributed by atoms with Gasteiger partial charge < -0.3 is 20.7 Å². The van der Waals surface area contributed by atoms with Gasteiger partial charge in [-0.2, -0.15) is 0 Å². The normalized spacial score (nSPS) is 12.1. The summed E-state index contributed by atoms with van der Waals surface area (Å²) in [7, 11) is 1.66. The minimum absolute atomic E-state index is 0.209. The van der Waals surface area contributed by atoms with Gasteiger partial charge in [-0.1, -0.05) is 0 Å². The Hall–Kier alpha value is -1.89. The van der Waals surface area contributed by atoms with Crippen LogP contribution < -0.4 is 11.1 Å². The fourth-order valence-electron chi connectivity index (χ4n) is 0.957. The van der Waals surface area contributed by atoms with E-state index in [9.17, 15) is 9.59 Å². The van der Waals surface area contributed by atoms with E-state index in [2.05, 4.69) is 10.3 Å². The maximum Gasteiger partial charge on any atom is 0.269 e. The van der Waals surface area contributed by atoms with Crippen LogP contribution >= 0.6 is 0 Å². The number of primary amides is 1. The van der Waals surface area contributed by atoms with Crippen LogP contribution in [0.25, 0.3) is 0 Å². The first-order chi connectivity index (χ1) is 7.02. The van der Waals surface area contributed by atoms with Gasteiger partial charge in [0.05, 0.1) is 19.1 Å². The van der Waals surface area contributed by atoms with Crippen molar-refractivity contribution in [3.8, 4) is 0 Å². The third-order valence-corrected chi connectivity index (χ3v) is 1.83. The van der Waals surface area contributed by atoms with Crippen LogP contribution in [0.2, 0.25) is 0 Å². The summed E-state index contributed by atoms with van der Waals surface area (Å²) in [4.78, 5) is 25.6. The highest BCUT2D eigenvalue weighted by molar-refractivity contribution is 5.92. The zero-order valence-corrected chi connectivity index (χ0v) is 8.17. The van der Waals surface area contributed by atoms with Crippen LogP contribution in [0.3, 0.4) is 0 Å². The first kappa shape index (κ1) is 11.2. The molecule has 4 N–H and O–H groups in total. The quantitative estimate of drug-likeness (QED) is 0.535. The number of imidazole rings is 1. The van der Waals surface area contributed by atoms with Crippen molar-refractivity contribution in [3.05, 3.63) is 18.2 Å². The molecule has 0 aliphatic heterocycles. The Morgan fingerprint density at radius 3 is 2.87 bits per heavy atom. The van der Waals surface area contributed by atoms with Gasteiger partial charge in [0.15, 0.2) is 0 Å². The van der Waals surface area contributed by atoms with E-state index in [-0.39, 0.29) is 6.54 Å². The summed E-state index contributed by atoms with van der Waals surface area (Å²) in [5, 5.41) is 11.4.